The maximum absolute atomic E-state index is 2.48. The quantitative estimate of drug-likeness (QED) is 0.551. The van der Waals surface area contributed by atoms with Gasteiger partial charge < -0.3 is 0 Å². The van der Waals surface area contributed by atoms with Gasteiger partial charge in [0.15, 0.2) is 0 Å². The first-order valence-corrected chi connectivity index (χ1v) is 15.1. The van der Waals surface area contributed by atoms with E-state index in [9.17, 15) is 0 Å². The Morgan fingerprint density at radius 2 is 1.23 bits per heavy atom. The number of fused-ring (bicyclic) bond motifs is 2. The normalized spacial score (nSPS) is 23.5. The summed E-state index contributed by atoms with van der Waals surface area (Å²) in [5.74, 6) is 1.20. The average molecular weight is 449 g/mol. The summed E-state index contributed by atoms with van der Waals surface area (Å²) in [6.45, 7) is 0. The number of allylic oxidation sites excluding steroid dienone is 2. The minimum absolute atomic E-state index is 0.599. The van der Waals surface area contributed by atoms with Gasteiger partial charge in [0.2, 0.25) is 0 Å². The molecule has 2 atom stereocenters. The van der Waals surface area contributed by atoms with Crippen LogP contribution in [0.2, 0.25) is 8.35 Å². The van der Waals surface area contributed by atoms with Crippen LogP contribution >= 0.6 is 0 Å². The number of hydrogen-bond acceptors (Lipinski definition) is 0. The third-order valence-electron chi connectivity index (χ3n) is 5.18. The molecule has 2 unspecified atom stereocenters. The molecular weight excluding hydrogens is 431 g/mol. The zero-order chi connectivity index (χ0) is 14.5. The molecule has 0 aromatic heterocycles. The first-order chi connectivity index (χ1) is 10.9. The predicted molar refractivity (Wildman–Crippen MR) is 91.1 cm³/mol. The van der Waals surface area contributed by atoms with Crippen LogP contribution in [0.4, 0.5) is 0 Å². The molecule has 0 bridgehead atoms. The molecule has 1 heterocycles. The zero-order valence-electron chi connectivity index (χ0n) is 12.5. The Morgan fingerprint density at radius 1 is 0.727 bits per heavy atom. The van der Waals surface area contributed by atoms with Gasteiger partial charge in [0, 0.05) is 0 Å². The summed E-state index contributed by atoms with van der Waals surface area (Å²) in [4.78, 5) is 0. The van der Waals surface area contributed by atoms with E-state index in [4.69, 9.17) is 0 Å². The van der Waals surface area contributed by atoms with Crippen LogP contribution in [0.3, 0.4) is 0 Å². The van der Waals surface area contributed by atoms with Crippen molar-refractivity contribution in [3.05, 3.63) is 82.9 Å². The van der Waals surface area contributed by atoms with Gasteiger partial charge in [-0.3, -0.25) is 0 Å². The summed E-state index contributed by atoms with van der Waals surface area (Å²) in [6, 6.07) is 18.0. The van der Waals surface area contributed by atoms with Crippen molar-refractivity contribution in [1.29, 1.82) is 0 Å². The average Bonchev–Trinajstić information content (AvgIpc) is 3.17. The van der Waals surface area contributed by atoms with Gasteiger partial charge in [0.1, 0.15) is 0 Å². The third-order valence-corrected chi connectivity index (χ3v) is 13.9. The van der Waals surface area contributed by atoms with Crippen LogP contribution in [0.15, 0.2) is 60.7 Å². The number of hydrogen-bond donors (Lipinski definition) is 0. The molecule has 22 heavy (non-hydrogen) atoms. The Morgan fingerprint density at radius 3 is 1.73 bits per heavy atom. The second-order valence-electron chi connectivity index (χ2n) is 6.49. The fraction of sp³-hybridized carbons (Fsp3) is 0.190. The van der Waals surface area contributed by atoms with Gasteiger partial charge in [-0.15, -0.1) is 0 Å². The van der Waals surface area contributed by atoms with E-state index in [1.54, 1.807) is 19.5 Å². The van der Waals surface area contributed by atoms with Crippen LogP contribution < -0.4 is 0 Å². The summed E-state index contributed by atoms with van der Waals surface area (Å²) < 4.78 is 5.10. The van der Waals surface area contributed by atoms with Crippen molar-refractivity contribution in [2.45, 2.75) is 20.2 Å². The molecule has 1 saturated heterocycles. The Bertz CT molecular complexity index is 784. The van der Waals surface area contributed by atoms with Gasteiger partial charge in [-0.25, -0.2) is 0 Å². The van der Waals surface area contributed by atoms with E-state index in [0.717, 1.165) is 0 Å². The minimum atomic E-state index is -1.42. The Balaban J connectivity index is 1.63. The molecule has 1 heteroatoms. The molecule has 5 rings (SSSR count). The molecule has 0 amide bonds. The number of rotatable bonds is 2. The molecule has 2 aromatic carbocycles. The topological polar surface area (TPSA) is 0 Å². The number of benzene rings is 2. The molecule has 0 N–H and O–H groups in total. The Hall–Kier alpha value is -1.34. The molecule has 0 saturated carbocycles. The van der Waals surface area contributed by atoms with Crippen molar-refractivity contribution < 1.29 is 21.0 Å². The van der Waals surface area contributed by atoms with Crippen LogP contribution in [-0.4, -0.2) is 3.26 Å². The fourth-order valence-electron chi connectivity index (χ4n) is 4.03. The Labute approximate surface area is 139 Å². The first-order valence-electron chi connectivity index (χ1n) is 8.18. The molecule has 3 aliphatic rings. The molecule has 106 valence electrons. The molecule has 2 aliphatic carbocycles. The van der Waals surface area contributed by atoms with E-state index >= 15 is 0 Å². The van der Waals surface area contributed by atoms with Gasteiger partial charge >= 0.3 is 139 Å². The second-order valence-corrected chi connectivity index (χ2v) is 16.5. The van der Waals surface area contributed by atoms with E-state index in [2.05, 4.69) is 72.8 Å². The van der Waals surface area contributed by atoms with Gasteiger partial charge in [-0.1, -0.05) is 0 Å². The van der Waals surface area contributed by atoms with E-state index in [0.29, 0.717) is 11.8 Å². The predicted octanol–water partition coefficient (Wildman–Crippen LogP) is 5.25. The monoisotopic (exact) mass is 450 g/mol. The van der Waals surface area contributed by atoms with Crippen molar-refractivity contribution >= 4 is 15.4 Å². The second kappa shape index (κ2) is 5.09. The first kappa shape index (κ1) is 13.1. The van der Waals surface area contributed by atoms with Crippen LogP contribution in [0, 0.1) is 0 Å². The molecule has 0 nitrogen and oxygen atoms in total. The van der Waals surface area contributed by atoms with Gasteiger partial charge in [0.25, 0.3) is 0 Å². The van der Waals surface area contributed by atoms with Crippen molar-refractivity contribution in [1.82, 2.24) is 0 Å². The summed E-state index contributed by atoms with van der Waals surface area (Å²) in [5.41, 5.74) is 5.99. The Kier molecular flexibility index (Phi) is 3.04. The van der Waals surface area contributed by atoms with Crippen molar-refractivity contribution in [3.63, 3.8) is 0 Å². The standard InChI is InChI=1S/C19H14.C2H4.Hf/c1-3-7-18-14(5-1)9-11-16(18)13-17-12-10-15-6-2-4-8-19(15)17;1-2;/h1-12,16-17H;1-2H2;. The van der Waals surface area contributed by atoms with Gasteiger partial charge in [-0.2, -0.15) is 0 Å². The molecule has 2 aromatic rings. The molecular formula is C21H18Hf. The van der Waals surface area contributed by atoms with E-state index in [1.165, 1.54) is 11.1 Å². The summed E-state index contributed by atoms with van der Waals surface area (Å²) in [6.07, 6.45) is 9.65. The van der Waals surface area contributed by atoms with E-state index in [-0.39, 0.29) is 0 Å². The summed E-state index contributed by atoms with van der Waals surface area (Å²) in [7, 11) is 0. The molecule has 1 aliphatic heterocycles. The van der Waals surface area contributed by atoms with Crippen LogP contribution in [0.25, 0.3) is 12.2 Å². The van der Waals surface area contributed by atoms with Crippen LogP contribution in [0.5, 0.6) is 0 Å². The third kappa shape index (κ3) is 2.02. The fourth-order valence-corrected chi connectivity index (χ4v) is 15.2. The van der Waals surface area contributed by atoms with Crippen LogP contribution in [-0.2, 0) is 21.0 Å². The van der Waals surface area contributed by atoms with Crippen molar-refractivity contribution in [2.75, 3.05) is 0 Å². The van der Waals surface area contributed by atoms with E-state index in [1.807, 2.05) is 3.26 Å². The summed E-state index contributed by atoms with van der Waals surface area (Å²) >= 11 is -1.42. The molecule has 0 spiro atoms. The summed E-state index contributed by atoms with van der Waals surface area (Å²) in [5, 5.41) is 0. The van der Waals surface area contributed by atoms with Gasteiger partial charge in [-0.05, 0) is 0 Å². The van der Waals surface area contributed by atoms with Crippen molar-refractivity contribution in [2.24, 2.45) is 0 Å². The SMILES string of the molecule is C1=CC([C](C2C=Cc3ccccc32)=[Hf]2[CH2][CH2]2)c2ccccc21. The van der Waals surface area contributed by atoms with Crippen LogP contribution in [0.1, 0.15) is 34.1 Å². The molecule has 0 radical (unpaired) electrons. The van der Waals surface area contributed by atoms with E-state index < -0.39 is 21.0 Å². The molecule has 1 fully saturated rings. The maximum atomic E-state index is 2.48. The van der Waals surface area contributed by atoms with Gasteiger partial charge in [0.05, 0.1) is 0 Å². The van der Waals surface area contributed by atoms with Crippen molar-refractivity contribution in [3.8, 4) is 0 Å². The zero-order valence-corrected chi connectivity index (χ0v) is 16.1.